The second kappa shape index (κ2) is 4.72. The fraction of sp³-hybridized carbons (Fsp3) is 0. The molecule has 1 heterocycles. The number of aromatic nitrogens is 2. The molecule has 3 aromatic rings. The summed E-state index contributed by atoms with van der Waals surface area (Å²) >= 11 is 3.19. The molecule has 20 heavy (non-hydrogen) atoms. The van der Waals surface area contributed by atoms with E-state index in [2.05, 4.69) is 25.9 Å². The average Bonchev–Trinajstić information content (AvgIpc) is 2.81. The first-order chi connectivity index (χ1) is 9.56. The summed E-state index contributed by atoms with van der Waals surface area (Å²) in [5.41, 5.74) is 1.25. The number of imidazole rings is 1. The summed E-state index contributed by atoms with van der Waals surface area (Å²) < 4.78 is 14.5. The molecule has 0 aliphatic carbocycles. The van der Waals surface area contributed by atoms with Gasteiger partial charge in [-0.05, 0) is 30.3 Å². The summed E-state index contributed by atoms with van der Waals surface area (Å²) in [4.78, 5) is 18.3. The summed E-state index contributed by atoms with van der Waals surface area (Å²) in [5.74, 6) is -1.20. The van der Waals surface area contributed by atoms with E-state index in [9.17, 15) is 9.18 Å². The van der Waals surface area contributed by atoms with E-state index in [1.54, 1.807) is 24.3 Å². The van der Waals surface area contributed by atoms with Crippen LogP contribution in [0.3, 0.4) is 0 Å². The highest BCUT2D eigenvalue weighted by Crippen LogP contribution is 2.26. The lowest BCUT2D eigenvalue weighted by Gasteiger charge is -1.99. The molecule has 0 aliphatic rings. The van der Waals surface area contributed by atoms with Crippen LogP contribution in [0.4, 0.5) is 4.39 Å². The molecule has 0 unspecified atom stereocenters. The van der Waals surface area contributed by atoms with Gasteiger partial charge in [-0.1, -0.05) is 22.0 Å². The van der Waals surface area contributed by atoms with Crippen molar-refractivity contribution in [2.45, 2.75) is 0 Å². The number of rotatable bonds is 2. The zero-order valence-corrected chi connectivity index (χ0v) is 11.6. The van der Waals surface area contributed by atoms with Crippen LogP contribution in [0.1, 0.15) is 10.4 Å². The molecule has 100 valence electrons. The minimum absolute atomic E-state index is 0.0857. The van der Waals surface area contributed by atoms with Crippen LogP contribution >= 0.6 is 15.9 Å². The molecule has 0 aliphatic heterocycles. The number of aromatic carboxylic acids is 1. The van der Waals surface area contributed by atoms with E-state index in [-0.39, 0.29) is 5.56 Å². The Labute approximate surface area is 121 Å². The van der Waals surface area contributed by atoms with Crippen LogP contribution < -0.4 is 0 Å². The van der Waals surface area contributed by atoms with Crippen molar-refractivity contribution in [2.75, 3.05) is 0 Å². The van der Waals surface area contributed by atoms with Crippen molar-refractivity contribution < 1.29 is 14.3 Å². The molecule has 2 N–H and O–H groups in total. The highest BCUT2D eigenvalue weighted by atomic mass is 79.9. The maximum atomic E-state index is 13.9. The zero-order chi connectivity index (χ0) is 14.3. The van der Waals surface area contributed by atoms with E-state index in [1.807, 2.05) is 0 Å². The predicted molar refractivity (Wildman–Crippen MR) is 76.1 cm³/mol. The molecule has 0 saturated carbocycles. The SMILES string of the molecule is O=C(O)c1cccc2[nH]c(-c3ccc(Br)cc3F)nc12. The Balaban J connectivity index is 2.23. The third kappa shape index (κ3) is 2.08. The van der Waals surface area contributed by atoms with Crippen LogP contribution in [-0.4, -0.2) is 21.0 Å². The molecule has 0 bridgehead atoms. The van der Waals surface area contributed by atoms with Crippen LogP contribution in [0, 0.1) is 5.82 Å². The summed E-state index contributed by atoms with van der Waals surface area (Å²) in [6.45, 7) is 0. The number of benzene rings is 2. The number of carboxylic acid groups (broad SMARTS) is 1. The first-order valence-electron chi connectivity index (χ1n) is 5.73. The topological polar surface area (TPSA) is 66.0 Å². The van der Waals surface area contributed by atoms with Gasteiger partial charge in [-0.25, -0.2) is 14.2 Å². The average molecular weight is 335 g/mol. The van der Waals surface area contributed by atoms with Gasteiger partial charge in [-0.3, -0.25) is 0 Å². The van der Waals surface area contributed by atoms with E-state index in [0.717, 1.165) is 0 Å². The van der Waals surface area contributed by atoms with Gasteiger partial charge in [0.05, 0.1) is 16.6 Å². The van der Waals surface area contributed by atoms with Gasteiger partial charge in [0.1, 0.15) is 17.2 Å². The molecule has 2 aromatic carbocycles. The minimum atomic E-state index is -1.06. The summed E-state index contributed by atoms with van der Waals surface area (Å²) in [5, 5.41) is 9.12. The lowest BCUT2D eigenvalue weighted by atomic mass is 10.2. The van der Waals surface area contributed by atoms with Crippen LogP contribution in [-0.2, 0) is 0 Å². The molecule has 3 rings (SSSR count). The molecule has 0 radical (unpaired) electrons. The fourth-order valence-electron chi connectivity index (χ4n) is 2.01. The number of nitrogens with one attached hydrogen (secondary N) is 1. The van der Waals surface area contributed by atoms with Crippen molar-refractivity contribution in [3.05, 3.63) is 52.3 Å². The maximum Gasteiger partial charge on any atom is 0.337 e. The first-order valence-corrected chi connectivity index (χ1v) is 6.53. The van der Waals surface area contributed by atoms with Gasteiger partial charge in [0.2, 0.25) is 0 Å². The number of para-hydroxylation sites is 1. The van der Waals surface area contributed by atoms with Gasteiger partial charge in [0.15, 0.2) is 0 Å². The van der Waals surface area contributed by atoms with Crippen molar-refractivity contribution in [1.82, 2.24) is 9.97 Å². The van der Waals surface area contributed by atoms with Gasteiger partial charge < -0.3 is 10.1 Å². The number of halogens is 2. The van der Waals surface area contributed by atoms with Gasteiger partial charge in [0, 0.05) is 4.47 Å². The molecule has 0 spiro atoms. The van der Waals surface area contributed by atoms with Crippen molar-refractivity contribution in [2.24, 2.45) is 0 Å². The third-order valence-corrected chi connectivity index (χ3v) is 3.42. The quantitative estimate of drug-likeness (QED) is 0.748. The molecule has 0 amide bonds. The number of nitrogens with zero attached hydrogens (tertiary/aromatic N) is 1. The zero-order valence-electron chi connectivity index (χ0n) is 10.0. The number of H-pyrrole nitrogens is 1. The Hall–Kier alpha value is -2.21. The molecule has 6 heteroatoms. The number of carboxylic acids is 1. The molecule has 0 atom stereocenters. The summed E-state index contributed by atoms with van der Waals surface area (Å²) in [7, 11) is 0. The first kappa shape index (κ1) is 12.8. The van der Waals surface area contributed by atoms with Gasteiger partial charge in [-0.15, -0.1) is 0 Å². The van der Waals surface area contributed by atoms with E-state index in [4.69, 9.17) is 5.11 Å². The van der Waals surface area contributed by atoms with Crippen LogP contribution in [0.5, 0.6) is 0 Å². The van der Waals surface area contributed by atoms with E-state index < -0.39 is 11.8 Å². The second-order valence-corrected chi connectivity index (χ2v) is 5.13. The second-order valence-electron chi connectivity index (χ2n) is 4.22. The Morgan fingerprint density at radius 3 is 2.80 bits per heavy atom. The Morgan fingerprint density at radius 1 is 1.30 bits per heavy atom. The predicted octanol–water partition coefficient (Wildman–Crippen LogP) is 3.83. The van der Waals surface area contributed by atoms with E-state index >= 15 is 0 Å². The Morgan fingerprint density at radius 2 is 2.10 bits per heavy atom. The van der Waals surface area contributed by atoms with Gasteiger partial charge >= 0.3 is 5.97 Å². The van der Waals surface area contributed by atoms with Crippen LogP contribution in [0.2, 0.25) is 0 Å². The normalized spacial score (nSPS) is 10.9. The Kier molecular flexibility index (Phi) is 3.02. The highest BCUT2D eigenvalue weighted by molar-refractivity contribution is 9.10. The number of carbonyl (C=O) groups is 1. The van der Waals surface area contributed by atoms with Crippen molar-refractivity contribution in [3.63, 3.8) is 0 Å². The van der Waals surface area contributed by atoms with Crippen molar-refractivity contribution in [3.8, 4) is 11.4 Å². The number of hydrogen-bond donors (Lipinski definition) is 2. The van der Waals surface area contributed by atoms with E-state index in [0.29, 0.717) is 26.9 Å². The maximum absolute atomic E-state index is 13.9. The summed E-state index contributed by atoms with van der Waals surface area (Å²) in [6, 6.07) is 9.40. The molecule has 0 saturated heterocycles. The number of hydrogen-bond acceptors (Lipinski definition) is 2. The molecular weight excluding hydrogens is 327 g/mol. The smallest absolute Gasteiger partial charge is 0.337 e. The van der Waals surface area contributed by atoms with Crippen LogP contribution in [0.15, 0.2) is 40.9 Å². The van der Waals surface area contributed by atoms with Crippen molar-refractivity contribution in [1.29, 1.82) is 0 Å². The monoisotopic (exact) mass is 334 g/mol. The summed E-state index contributed by atoms with van der Waals surface area (Å²) in [6.07, 6.45) is 0. The number of aromatic amines is 1. The van der Waals surface area contributed by atoms with E-state index in [1.165, 1.54) is 12.1 Å². The molecule has 0 fully saturated rings. The Bertz CT molecular complexity index is 829. The van der Waals surface area contributed by atoms with Crippen molar-refractivity contribution >= 4 is 32.9 Å². The lowest BCUT2D eigenvalue weighted by molar-refractivity contribution is 0.0699. The fourth-order valence-corrected chi connectivity index (χ4v) is 2.35. The molecular formula is C14H8BrFN2O2. The standard InChI is InChI=1S/C14H8BrFN2O2/c15-7-4-5-8(10(16)6-7)13-17-11-3-1-2-9(14(19)20)12(11)18-13/h1-6H,(H,17,18)(H,19,20). The van der Waals surface area contributed by atoms with Gasteiger partial charge in [-0.2, -0.15) is 0 Å². The van der Waals surface area contributed by atoms with Crippen LogP contribution in [0.25, 0.3) is 22.4 Å². The van der Waals surface area contributed by atoms with Gasteiger partial charge in [0.25, 0.3) is 0 Å². The molecule has 1 aromatic heterocycles. The molecule has 4 nitrogen and oxygen atoms in total. The highest BCUT2D eigenvalue weighted by Gasteiger charge is 2.15. The number of fused-ring (bicyclic) bond motifs is 1. The lowest BCUT2D eigenvalue weighted by Crippen LogP contribution is -1.96. The third-order valence-electron chi connectivity index (χ3n) is 2.93. The minimum Gasteiger partial charge on any atom is -0.478 e. The largest absolute Gasteiger partial charge is 0.478 e.